The number of methoxy groups -OCH3 is 1. The van der Waals surface area contributed by atoms with Crippen molar-refractivity contribution in [2.45, 2.75) is 19.3 Å². The van der Waals surface area contributed by atoms with Crippen molar-refractivity contribution in [3.8, 4) is 0 Å². The van der Waals surface area contributed by atoms with E-state index in [9.17, 15) is 4.79 Å². The highest BCUT2D eigenvalue weighted by Crippen LogP contribution is 2.59. The molecule has 0 N–H and O–H groups in total. The second kappa shape index (κ2) is 3.63. The van der Waals surface area contributed by atoms with Crippen LogP contribution in [0.5, 0.6) is 0 Å². The number of ether oxygens (including phenoxy) is 1. The van der Waals surface area contributed by atoms with Crippen LogP contribution >= 0.6 is 15.9 Å². The first-order valence-electron chi connectivity index (χ1n) is 4.92. The Bertz CT molecular complexity index is 385. The number of halogens is 1. The highest BCUT2D eigenvalue weighted by molar-refractivity contribution is 9.10. The standard InChI is InChI=1S/C12H13BrO2/c1-12(11(14)15-2)7-10(12)8-3-5-9(13)6-4-8/h3-6,10H,7H2,1-2H3/t10-,12+/m0/s1. The predicted octanol–water partition coefficient (Wildman–Crippen LogP) is 3.12. The molecule has 0 aliphatic heterocycles. The topological polar surface area (TPSA) is 26.3 Å². The second-order valence-electron chi connectivity index (χ2n) is 4.22. The van der Waals surface area contributed by atoms with Gasteiger partial charge >= 0.3 is 5.97 Å². The van der Waals surface area contributed by atoms with Crippen molar-refractivity contribution in [1.29, 1.82) is 0 Å². The highest BCUT2D eigenvalue weighted by Gasteiger charge is 2.57. The number of rotatable bonds is 2. The van der Waals surface area contributed by atoms with Gasteiger partial charge in [0.2, 0.25) is 0 Å². The summed E-state index contributed by atoms with van der Waals surface area (Å²) in [7, 11) is 1.45. The Morgan fingerprint density at radius 1 is 1.47 bits per heavy atom. The van der Waals surface area contributed by atoms with E-state index in [2.05, 4.69) is 28.1 Å². The lowest BCUT2D eigenvalue weighted by Gasteiger charge is -2.08. The molecule has 0 saturated heterocycles. The molecule has 0 unspecified atom stereocenters. The maximum Gasteiger partial charge on any atom is 0.312 e. The average molecular weight is 269 g/mol. The van der Waals surface area contributed by atoms with Crippen molar-refractivity contribution >= 4 is 21.9 Å². The molecule has 0 spiro atoms. The Morgan fingerprint density at radius 2 is 2.07 bits per heavy atom. The summed E-state index contributed by atoms with van der Waals surface area (Å²) in [6.07, 6.45) is 0.890. The normalized spacial score (nSPS) is 28.6. The first-order chi connectivity index (χ1) is 7.08. The highest BCUT2D eigenvalue weighted by atomic mass is 79.9. The number of carbonyl (C=O) groups is 1. The van der Waals surface area contributed by atoms with Gasteiger partial charge in [0.15, 0.2) is 0 Å². The summed E-state index contributed by atoms with van der Waals surface area (Å²) in [6.45, 7) is 1.96. The minimum absolute atomic E-state index is 0.101. The van der Waals surface area contributed by atoms with Crippen LogP contribution in [-0.4, -0.2) is 13.1 Å². The molecule has 0 amide bonds. The first kappa shape index (κ1) is 10.7. The SMILES string of the molecule is COC(=O)[C@]1(C)C[C@H]1c1ccc(Br)cc1. The van der Waals surface area contributed by atoms with E-state index in [4.69, 9.17) is 4.74 Å². The minimum atomic E-state index is -0.303. The number of hydrogen-bond donors (Lipinski definition) is 0. The van der Waals surface area contributed by atoms with Crippen LogP contribution in [0.3, 0.4) is 0 Å². The molecule has 1 saturated carbocycles. The molecule has 3 heteroatoms. The van der Waals surface area contributed by atoms with E-state index >= 15 is 0 Å². The summed E-state index contributed by atoms with van der Waals surface area (Å²) >= 11 is 3.39. The molecule has 0 aromatic heterocycles. The van der Waals surface area contributed by atoms with Crippen molar-refractivity contribution in [1.82, 2.24) is 0 Å². The lowest BCUT2D eigenvalue weighted by atomic mass is 10.0. The number of esters is 1. The molecule has 1 fully saturated rings. The Morgan fingerprint density at radius 3 is 2.60 bits per heavy atom. The van der Waals surface area contributed by atoms with Crippen LogP contribution in [0.2, 0.25) is 0 Å². The molecule has 2 rings (SSSR count). The summed E-state index contributed by atoms with van der Waals surface area (Å²) in [5.41, 5.74) is 0.911. The Kier molecular flexibility index (Phi) is 2.59. The third kappa shape index (κ3) is 1.81. The fourth-order valence-electron chi connectivity index (χ4n) is 2.00. The summed E-state index contributed by atoms with van der Waals surface area (Å²) in [6, 6.07) is 8.13. The van der Waals surface area contributed by atoms with Gasteiger partial charge in [0.1, 0.15) is 0 Å². The third-order valence-corrected chi connectivity index (χ3v) is 3.69. The fourth-order valence-corrected chi connectivity index (χ4v) is 2.27. The third-order valence-electron chi connectivity index (χ3n) is 3.16. The van der Waals surface area contributed by atoms with Crippen LogP contribution in [0, 0.1) is 5.41 Å². The maximum absolute atomic E-state index is 11.5. The lowest BCUT2D eigenvalue weighted by Crippen LogP contribution is -2.15. The molecule has 1 aliphatic carbocycles. The molecule has 2 nitrogen and oxygen atoms in total. The van der Waals surface area contributed by atoms with E-state index in [1.807, 2.05) is 19.1 Å². The van der Waals surface area contributed by atoms with Crippen LogP contribution in [0.15, 0.2) is 28.7 Å². The monoisotopic (exact) mass is 268 g/mol. The number of carbonyl (C=O) groups excluding carboxylic acids is 1. The van der Waals surface area contributed by atoms with E-state index in [-0.39, 0.29) is 11.4 Å². The van der Waals surface area contributed by atoms with E-state index < -0.39 is 0 Å². The number of benzene rings is 1. The molecule has 1 aliphatic rings. The van der Waals surface area contributed by atoms with E-state index in [0.29, 0.717) is 5.92 Å². The molecule has 1 aromatic carbocycles. The van der Waals surface area contributed by atoms with Gasteiger partial charge in [0.25, 0.3) is 0 Å². The quantitative estimate of drug-likeness (QED) is 0.771. The van der Waals surface area contributed by atoms with Crippen LogP contribution < -0.4 is 0 Å². The van der Waals surface area contributed by atoms with Gasteiger partial charge in [-0.05, 0) is 31.0 Å². The molecule has 1 aromatic rings. The van der Waals surface area contributed by atoms with Gasteiger partial charge in [-0.25, -0.2) is 0 Å². The smallest absolute Gasteiger partial charge is 0.312 e. The Balaban J connectivity index is 2.16. The average Bonchev–Trinajstić information content (AvgIpc) is 2.92. The van der Waals surface area contributed by atoms with Crippen molar-refractivity contribution in [2.75, 3.05) is 7.11 Å². The molecular weight excluding hydrogens is 256 g/mol. The van der Waals surface area contributed by atoms with Gasteiger partial charge in [0, 0.05) is 10.4 Å². The van der Waals surface area contributed by atoms with Gasteiger partial charge in [-0.3, -0.25) is 4.79 Å². The predicted molar refractivity (Wildman–Crippen MR) is 61.6 cm³/mol. The second-order valence-corrected chi connectivity index (χ2v) is 5.13. The summed E-state index contributed by atoms with van der Waals surface area (Å²) < 4.78 is 5.87. The first-order valence-corrected chi connectivity index (χ1v) is 5.71. The van der Waals surface area contributed by atoms with Crippen LogP contribution in [-0.2, 0) is 9.53 Å². The molecular formula is C12H13BrO2. The Labute approximate surface area is 97.8 Å². The van der Waals surface area contributed by atoms with Crippen LogP contribution in [0.25, 0.3) is 0 Å². The van der Waals surface area contributed by atoms with Crippen LogP contribution in [0.4, 0.5) is 0 Å². The summed E-state index contributed by atoms with van der Waals surface area (Å²) in [5.74, 6) is 0.216. The van der Waals surface area contributed by atoms with Gasteiger partial charge in [-0.15, -0.1) is 0 Å². The number of hydrogen-bond acceptors (Lipinski definition) is 2. The van der Waals surface area contributed by atoms with E-state index in [1.54, 1.807) is 0 Å². The van der Waals surface area contributed by atoms with Crippen LogP contribution in [0.1, 0.15) is 24.8 Å². The van der Waals surface area contributed by atoms with Gasteiger partial charge in [-0.2, -0.15) is 0 Å². The lowest BCUT2D eigenvalue weighted by molar-refractivity contribution is -0.146. The van der Waals surface area contributed by atoms with Gasteiger partial charge < -0.3 is 4.74 Å². The van der Waals surface area contributed by atoms with Crippen molar-refractivity contribution < 1.29 is 9.53 Å². The molecule has 0 heterocycles. The summed E-state index contributed by atoms with van der Waals surface area (Å²) in [4.78, 5) is 11.5. The maximum atomic E-state index is 11.5. The van der Waals surface area contributed by atoms with E-state index in [1.165, 1.54) is 12.7 Å². The molecule has 0 bridgehead atoms. The largest absolute Gasteiger partial charge is 0.469 e. The fraction of sp³-hybridized carbons (Fsp3) is 0.417. The Hall–Kier alpha value is -0.830. The minimum Gasteiger partial charge on any atom is -0.469 e. The van der Waals surface area contributed by atoms with Gasteiger partial charge in [0.05, 0.1) is 12.5 Å². The summed E-state index contributed by atoms with van der Waals surface area (Å²) in [5, 5.41) is 0. The van der Waals surface area contributed by atoms with E-state index in [0.717, 1.165) is 10.9 Å². The van der Waals surface area contributed by atoms with Gasteiger partial charge in [-0.1, -0.05) is 28.1 Å². The molecule has 0 radical (unpaired) electrons. The zero-order valence-electron chi connectivity index (χ0n) is 8.79. The molecule has 80 valence electrons. The van der Waals surface area contributed by atoms with Crippen molar-refractivity contribution in [3.63, 3.8) is 0 Å². The zero-order chi connectivity index (χ0) is 11.1. The molecule has 2 atom stereocenters. The zero-order valence-corrected chi connectivity index (χ0v) is 10.4. The van der Waals surface area contributed by atoms with Crippen molar-refractivity contribution in [2.24, 2.45) is 5.41 Å². The molecule has 15 heavy (non-hydrogen) atoms. The van der Waals surface area contributed by atoms with Crippen molar-refractivity contribution in [3.05, 3.63) is 34.3 Å².